The average molecular weight is 416 g/mol. The zero-order chi connectivity index (χ0) is 21.5. The Kier molecular flexibility index (Phi) is 7.07. The van der Waals surface area contributed by atoms with Crippen molar-refractivity contribution in [3.63, 3.8) is 0 Å². The molecule has 30 heavy (non-hydrogen) atoms. The van der Waals surface area contributed by atoms with Crippen LogP contribution in [0.2, 0.25) is 0 Å². The van der Waals surface area contributed by atoms with Crippen molar-refractivity contribution in [1.29, 1.82) is 0 Å². The van der Waals surface area contributed by atoms with Crippen LogP contribution in [0.1, 0.15) is 23.1 Å². The molecule has 2 aromatic heterocycles. The molecule has 1 aliphatic rings. The monoisotopic (exact) mass is 416 g/mol. The Morgan fingerprint density at radius 1 is 1.17 bits per heavy atom. The summed E-state index contributed by atoms with van der Waals surface area (Å²) in [5.41, 5.74) is 1.23. The summed E-state index contributed by atoms with van der Waals surface area (Å²) in [4.78, 5) is 39.4. The Hall–Kier alpha value is -3.34. The molecule has 3 N–H and O–H groups in total. The molecule has 0 aromatic carbocycles. The molecule has 3 heterocycles. The van der Waals surface area contributed by atoms with Crippen molar-refractivity contribution in [3.05, 3.63) is 41.9 Å². The quantitative estimate of drug-likeness (QED) is 0.598. The third-order valence-corrected chi connectivity index (χ3v) is 4.69. The molecule has 1 saturated heterocycles. The first kappa shape index (κ1) is 21.4. The summed E-state index contributed by atoms with van der Waals surface area (Å²) in [5, 5.41) is 7.75. The van der Waals surface area contributed by atoms with E-state index in [0.29, 0.717) is 50.8 Å². The first-order chi connectivity index (χ1) is 14.5. The van der Waals surface area contributed by atoms with E-state index in [1.807, 2.05) is 11.8 Å². The lowest BCUT2D eigenvalue weighted by Gasteiger charge is -2.35. The Balaban J connectivity index is 1.56. The predicted molar refractivity (Wildman–Crippen MR) is 110 cm³/mol. The van der Waals surface area contributed by atoms with Gasteiger partial charge in [-0.1, -0.05) is 0 Å². The Labute approximate surface area is 173 Å². The van der Waals surface area contributed by atoms with Crippen molar-refractivity contribution in [2.45, 2.75) is 13.5 Å². The van der Waals surface area contributed by atoms with Crippen molar-refractivity contribution < 1.29 is 14.0 Å². The first-order valence-corrected chi connectivity index (χ1v) is 9.72. The molecule has 10 nitrogen and oxygen atoms in total. The number of rotatable bonds is 6. The van der Waals surface area contributed by atoms with Crippen LogP contribution in [0, 0.1) is 5.95 Å². The summed E-state index contributed by atoms with van der Waals surface area (Å²) in [6, 6.07) is 4.54. The molecule has 0 atom stereocenters. The molecule has 11 heteroatoms. The molecule has 160 valence electrons. The molecule has 0 aliphatic carbocycles. The molecular weight excluding hydrogens is 391 g/mol. The summed E-state index contributed by atoms with van der Waals surface area (Å²) in [6.45, 7) is 5.61. The summed E-state index contributed by atoms with van der Waals surface area (Å²) in [7, 11) is 1.48. The van der Waals surface area contributed by atoms with Gasteiger partial charge in [0, 0.05) is 52.4 Å². The van der Waals surface area contributed by atoms with Gasteiger partial charge in [-0.15, -0.1) is 0 Å². The van der Waals surface area contributed by atoms with Gasteiger partial charge in [0.05, 0.1) is 11.4 Å². The fourth-order valence-electron chi connectivity index (χ4n) is 3.17. The number of hydrogen-bond acceptors (Lipinski definition) is 7. The van der Waals surface area contributed by atoms with Gasteiger partial charge in [-0.05, 0) is 19.1 Å². The maximum Gasteiger partial charge on any atom is 0.320 e. The number of carbonyl (C=O) groups excluding carboxylic acids is 2. The van der Waals surface area contributed by atoms with Crippen molar-refractivity contribution in [3.8, 4) is 0 Å². The molecule has 3 amide bonds. The molecule has 0 saturated carbocycles. The van der Waals surface area contributed by atoms with Gasteiger partial charge < -0.3 is 15.5 Å². The van der Waals surface area contributed by atoms with Gasteiger partial charge >= 0.3 is 6.03 Å². The van der Waals surface area contributed by atoms with E-state index >= 15 is 0 Å². The number of pyridine rings is 1. The van der Waals surface area contributed by atoms with Crippen LogP contribution in [-0.2, 0) is 6.54 Å². The van der Waals surface area contributed by atoms with Crippen molar-refractivity contribution in [1.82, 2.24) is 30.5 Å². The number of urea groups is 1. The zero-order valence-electron chi connectivity index (χ0n) is 17.0. The highest BCUT2D eigenvalue weighted by Crippen LogP contribution is 2.20. The number of nitrogens with one attached hydrogen (secondary N) is 3. The largest absolute Gasteiger partial charge is 0.365 e. The molecule has 1 aliphatic heterocycles. The van der Waals surface area contributed by atoms with E-state index in [1.165, 1.54) is 19.4 Å². The van der Waals surface area contributed by atoms with Crippen molar-refractivity contribution >= 4 is 23.4 Å². The van der Waals surface area contributed by atoms with Crippen LogP contribution < -0.4 is 20.9 Å². The van der Waals surface area contributed by atoms with E-state index in [4.69, 9.17) is 0 Å². The minimum absolute atomic E-state index is 0.0539. The highest BCUT2D eigenvalue weighted by Gasteiger charge is 2.21. The molecule has 3 rings (SSSR count). The lowest BCUT2D eigenvalue weighted by molar-refractivity contribution is 0.0957. The summed E-state index contributed by atoms with van der Waals surface area (Å²) in [6.07, 6.45) is 1.42. The number of amides is 3. The van der Waals surface area contributed by atoms with Crippen molar-refractivity contribution in [2.24, 2.45) is 0 Å². The van der Waals surface area contributed by atoms with E-state index in [9.17, 15) is 14.0 Å². The maximum absolute atomic E-state index is 14.4. The van der Waals surface area contributed by atoms with Gasteiger partial charge in [-0.25, -0.2) is 19.7 Å². The number of nitrogens with zero attached hydrogens (tertiary/aromatic N) is 5. The maximum atomic E-state index is 14.4. The average Bonchev–Trinajstić information content (AvgIpc) is 2.74. The van der Waals surface area contributed by atoms with E-state index in [0.717, 1.165) is 5.69 Å². The van der Waals surface area contributed by atoms with Crippen LogP contribution in [-0.4, -0.2) is 71.6 Å². The lowest BCUT2D eigenvalue weighted by Crippen LogP contribution is -2.46. The molecule has 0 radical (unpaired) electrons. The second-order valence-corrected chi connectivity index (χ2v) is 6.73. The van der Waals surface area contributed by atoms with Crippen molar-refractivity contribution in [2.75, 3.05) is 50.0 Å². The van der Waals surface area contributed by atoms with E-state index in [1.54, 1.807) is 12.1 Å². The third-order valence-electron chi connectivity index (χ3n) is 4.69. The molecule has 2 aromatic rings. The lowest BCUT2D eigenvalue weighted by atomic mass is 10.2. The second-order valence-electron chi connectivity index (χ2n) is 6.73. The summed E-state index contributed by atoms with van der Waals surface area (Å²) >= 11 is 0. The summed E-state index contributed by atoms with van der Waals surface area (Å²) < 4.78 is 14.4. The van der Waals surface area contributed by atoms with E-state index in [2.05, 4.69) is 35.8 Å². The minimum atomic E-state index is -0.651. The fourth-order valence-corrected chi connectivity index (χ4v) is 3.17. The van der Waals surface area contributed by atoms with Crippen LogP contribution >= 0.6 is 0 Å². The molecule has 1 fully saturated rings. The highest BCUT2D eigenvalue weighted by atomic mass is 19.1. The van der Waals surface area contributed by atoms with Crippen LogP contribution in [0.3, 0.4) is 0 Å². The van der Waals surface area contributed by atoms with Gasteiger partial charge in [-0.3, -0.25) is 15.0 Å². The zero-order valence-corrected chi connectivity index (χ0v) is 17.0. The number of anilines is 2. The second kappa shape index (κ2) is 9.92. The Morgan fingerprint density at radius 3 is 2.60 bits per heavy atom. The SMILES string of the molecule is CCNC(=O)Nc1cc(CN2CCN(c3ccc(C(=O)NC)nc3F)CC2)ncn1. The molecule has 0 spiro atoms. The minimum Gasteiger partial charge on any atom is -0.365 e. The van der Waals surface area contributed by atoms with Crippen LogP contribution in [0.5, 0.6) is 0 Å². The smallest absolute Gasteiger partial charge is 0.320 e. The highest BCUT2D eigenvalue weighted by molar-refractivity contribution is 5.92. The molecule has 0 unspecified atom stereocenters. The number of aromatic nitrogens is 3. The predicted octanol–water partition coefficient (Wildman–Crippen LogP) is 0.834. The fraction of sp³-hybridized carbons (Fsp3) is 0.421. The van der Waals surface area contributed by atoms with Crippen LogP contribution in [0.4, 0.5) is 20.7 Å². The van der Waals surface area contributed by atoms with Gasteiger partial charge in [0.15, 0.2) is 0 Å². The van der Waals surface area contributed by atoms with Gasteiger partial charge in [0.25, 0.3) is 5.91 Å². The Bertz CT molecular complexity index is 902. The topological polar surface area (TPSA) is 115 Å². The Morgan fingerprint density at radius 2 is 1.93 bits per heavy atom. The number of carbonyl (C=O) groups is 2. The van der Waals surface area contributed by atoms with Gasteiger partial charge in [-0.2, -0.15) is 4.39 Å². The number of hydrogen-bond donors (Lipinski definition) is 3. The van der Waals surface area contributed by atoms with Crippen LogP contribution in [0.25, 0.3) is 0 Å². The van der Waals surface area contributed by atoms with E-state index in [-0.39, 0.29) is 11.7 Å². The van der Waals surface area contributed by atoms with Gasteiger partial charge in [0.2, 0.25) is 5.95 Å². The standard InChI is InChI=1S/C19H25FN8O2/c1-3-22-19(30)26-16-10-13(23-12-24-16)11-27-6-8-28(9-7-27)15-5-4-14(18(29)21-2)25-17(15)20/h4-5,10,12H,3,6-9,11H2,1-2H3,(H,21,29)(H2,22,23,24,26,30). The number of halogens is 1. The molecular formula is C19H25FN8O2. The van der Waals surface area contributed by atoms with E-state index < -0.39 is 11.9 Å². The first-order valence-electron chi connectivity index (χ1n) is 9.72. The third kappa shape index (κ3) is 5.38. The van der Waals surface area contributed by atoms with Crippen LogP contribution in [0.15, 0.2) is 24.5 Å². The summed E-state index contributed by atoms with van der Waals surface area (Å²) in [5.74, 6) is -0.633. The number of piperazine rings is 1. The molecule has 0 bridgehead atoms. The van der Waals surface area contributed by atoms with Gasteiger partial charge in [0.1, 0.15) is 17.8 Å². The normalized spacial score (nSPS) is 14.3.